The molecule has 1 atom stereocenters. The number of benzene rings is 1. The monoisotopic (exact) mass is 270 g/mol. The molecule has 1 aliphatic rings. The zero-order chi connectivity index (χ0) is 13.9. The number of amides is 1. The molecule has 0 bridgehead atoms. The van der Waals surface area contributed by atoms with Gasteiger partial charge in [-0.05, 0) is 18.6 Å². The van der Waals surface area contributed by atoms with Gasteiger partial charge in [-0.15, -0.1) is 0 Å². The SMILES string of the molecule is O=C(Cc1ccc2ccccc2n1)N1CCC(CO)C1. The van der Waals surface area contributed by atoms with E-state index in [-0.39, 0.29) is 18.4 Å². The molecule has 1 aromatic heterocycles. The fraction of sp³-hybridized carbons (Fsp3) is 0.375. The fourth-order valence-corrected chi connectivity index (χ4v) is 2.68. The van der Waals surface area contributed by atoms with E-state index in [1.807, 2.05) is 41.3 Å². The molecule has 4 heteroatoms. The lowest BCUT2D eigenvalue weighted by atomic mass is 10.1. The average Bonchev–Trinajstić information content (AvgIpc) is 2.96. The number of aliphatic hydroxyl groups excluding tert-OH is 1. The van der Waals surface area contributed by atoms with Crippen LogP contribution in [0.2, 0.25) is 0 Å². The van der Waals surface area contributed by atoms with E-state index in [9.17, 15) is 4.79 Å². The van der Waals surface area contributed by atoms with Crippen molar-refractivity contribution in [2.45, 2.75) is 12.8 Å². The van der Waals surface area contributed by atoms with E-state index in [0.717, 1.165) is 29.6 Å². The molecule has 1 amide bonds. The maximum atomic E-state index is 12.2. The van der Waals surface area contributed by atoms with Crippen LogP contribution < -0.4 is 0 Å². The molecule has 1 fully saturated rings. The Morgan fingerprint density at radius 3 is 2.95 bits per heavy atom. The number of aromatic nitrogens is 1. The topological polar surface area (TPSA) is 53.4 Å². The summed E-state index contributed by atoms with van der Waals surface area (Å²) in [4.78, 5) is 18.6. The molecule has 1 N–H and O–H groups in total. The van der Waals surface area contributed by atoms with Crippen molar-refractivity contribution in [2.24, 2.45) is 5.92 Å². The van der Waals surface area contributed by atoms with Gasteiger partial charge in [0, 0.05) is 31.0 Å². The van der Waals surface area contributed by atoms with Crippen LogP contribution in [0.25, 0.3) is 10.9 Å². The van der Waals surface area contributed by atoms with E-state index in [1.165, 1.54) is 0 Å². The fourth-order valence-electron chi connectivity index (χ4n) is 2.68. The van der Waals surface area contributed by atoms with Crippen LogP contribution in [0.3, 0.4) is 0 Å². The van der Waals surface area contributed by atoms with E-state index in [0.29, 0.717) is 13.0 Å². The Kier molecular flexibility index (Phi) is 3.65. The molecule has 1 aliphatic heterocycles. The number of hydrogen-bond acceptors (Lipinski definition) is 3. The Morgan fingerprint density at radius 1 is 1.30 bits per heavy atom. The number of likely N-dealkylation sites (tertiary alicyclic amines) is 1. The van der Waals surface area contributed by atoms with Crippen LogP contribution in [0.4, 0.5) is 0 Å². The Balaban J connectivity index is 1.71. The summed E-state index contributed by atoms with van der Waals surface area (Å²) in [6, 6.07) is 11.8. The van der Waals surface area contributed by atoms with E-state index in [4.69, 9.17) is 5.11 Å². The highest BCUT2D eigenvalue weighted by Crippen LogP contribution is 2.17. The van der Waals surface area contributed by atoms with Crippen LogP contribution in [-0.4, -0.2) is 40.6 Å². The summed E-state index contributed by atoms with van der Waals surface area (Å²) in [5, 5.41) is 10.2. The number of para-hydroxylation sites is 1. The summed E-state index contributed by atoms with van der Waals surface area (Å²) in [7, 11) is 0. The standard InChI is InChI=1S/C16H18N2O2/c19-11-12-7-8-18(10-12)16(20)9-14-6-5-13-3-1-2-4-15(13)17-14/h1-6,12,19H,7-11H2. The van der Waals surface area contributed by atoms with Gasteiger partial charge < -0.3 is 10.0 Å². The molecule has 0 spiro atoms. The van der Waals surface area contributed by atoms with Gasteiger partial charge in [-0.25, -0.2) is 0 Å². The van der Waals surface area contributed by atoms with E-state index in [1.54, 1.807) is 0 Å². The highest BCUT2D eigenvalue weighted by atomic mass is 16.3. The van der Waals surface area contributed by atoms with Crippen molar-refractivity contribution >= 4 is 16.8 Å². The van der Waals surface area contributed by atoms with Crippen LogP contribution in [-0.2, 0) is 11.2 Å². The summed E-state index contributed by atoms with van der Waals surface area (Å²) >= 11 is 0. The van der Waals surface area contributed by atoms with Crippen LogP contribution in [0.1, 0.15) is 12.1 Å². The van der Waals surface area contributed by atoms with Crippen molar-refractivity contribution in [3.63, 3.8) is 0 Å². The lowest BCUT2D eigenvalue weighted by molar-refractivity contribution is -0.129. The van der Waals surface area contributed by atoms with Crippen molar-refractivity contribution < 1.29 is 9.90 Å². The Hall–Kier alpha value is -1.94. The zero-order valence-electron chi connectivity index (χ0n) is 11.3. The Bertz CT molecular complexity index is 627. The first-order valence-corrected chi connectivity index (χ1v) is 6.99. The third-order valence-corrected chi connectivity index (χ3v) is 3.89. The van der Waals surface area contributed by atoms with Crippen molar-refractivity contribution in [1.82, 2.24) is 9.88 Å². The van der Waals surface area contributed by atoms with Gasteiger partial charge in [-0.1, -0.05) is 24.3 Å². The van der Waals surface area contributed by atoms with Crippen LogP contribution >= 0.6 is 0 Å². The number of fused-ring (bicyclic) bond motifs is 1. The second-order valence-electron chi connectivity index (χ2n) is 5.35. The number of rotatable bonds is 3. The second kappa shape index (κ2) is 5.59. The summed E-state index contributed by atoms with van der Waals surface area (Å²) in [5.41, 5.74) is 1.73. The molecule has 20 heavy (non-hydrogen) atoms. The molecule has 1 unspecified atom stereocenters. The normalized spacial score (nSPS) is 18.6. The minimum absolute atomic E-state index is 0.101. The first kappa shape index (κ1) is 13.1. The predicted molar refractivity (Wildman–Crippen MR) is 77.2 cm³/mol. The van der Waals surface area contributed by atoms with E-state index >= 15 is 0 Å². The van der Waals surface area contributed by atoms with Gasteiger partial charge >= 0.3 is 0 Å². The van der Waals surface area contributed by atoms with Gasteiger partial charge in [0.1, 0.15) is 0 Å². The average molecular weight is 270 g/mol. The summed E-state index contributed by atoms with van der Waals surface area (Å²) in [6.45, 7) is 1.58. The molecule has 0 radical (unpaired) electrons. The lowest BCUT2D eigenvalue weighted by Crippen LogP contribution is -2.30. The van der Waals surface area contributed by atoms with Gasteiger partial charge in [0.2, 0.25) is 5.91 Å². The van der Waals surface area contributed by atoms with Crippen LogP contribution in [0.15, 0.2) is 36.4 Å². The molecule has 104 valence electrons. The molecule has 0 saturated carbocycles. The largest absolute Gasteiger partial charge is 0.396 e. The summed E-state index contributed by atoms with van der Waals surface area (Å²) in [5.74, 6) is 0.340. The van der Waals surface area contributed by atoms with Gasteiger partial charge in [-0.2, -0.15) is 0 Å². The van der Waals surface area contributed by atoms with Crippen molar-refractivity contribution in [3.8, 4) is 0 Å². The maximum Gasteiger partial charge on any atom is 0.228 e. The van der Waals surface area contributed by atoms with Crippen molar-refractivity contribution in [3.05, 3.63) is 42.1 Å². The number of hydrogen-bond donors (Lipinski definition) is 1. The molecule has 1 aromatic carbocycles. The maximum absolute atomic E-state index is 12.2. The molecular formula is C16H18N2O2. The van der Waals surface area contributed by atoms with Gasteiger partial charge in [-0.3, -0.25) is 9.78 Å². The van der Waals surface area contributed by atoms with Crippen LogP contribution in [0.5, 0.6) is 0 Å². The Labute approximate surface area is 118 Å². The van der Waals surface area contributed by atoms with Gasteiger partial charge in [0.25, 0.3) is 0 Å². The lowest BCUT2D eigenvalue weighted by Gasteiger charge is -2.16. The third-order valence-electron chi connectivity index (χ3n) is 3.89. The molecular weight excluding hydrogens is 252 g/mol. The minimum atomic E-state index is 0.101. The molecule has 3 rings (SSSR count). The quantitative estimate of drug-likeness (QED) is 0.922. The first-order valence-electron chi connectivity index (χ1n) is 6.99. The summed E-state index contributed by atoms with van der Waals surface area (Å²) in [6.07, 6.45) is 1.23. The highest BCUT2D eigenvalue weighted by molar-refractivity contribution is 5.81. The number of carbonyl (C=O) groups excluding carboxylic acids is 1. The van der Waals surface area contributed by atoms with Crippen molar-refractivity contribution in [2.75, 3.05) is 19.7 Å². The molecule has 2 aromatic rings. The minimum Gasteiger partial charge on any atom is -0.396 e. The Morgan fingerprint density at radius 2 is 2.15 bits per heavy atom. The zero-order valence-corrected chi connectivity index (χ0v) is 11.3. The number of carbonyl (C=O) groups is 1. The first-order chi connectivity index (χ1) is 9.76. The second-order valence-corrected chi connectivity index (χ2v) is 5.35. The molecule has 1 saturated heterocycles. The van der Waals surface area contributed by atoms with Crippen LogP contribution in [0, 0.1) is 5.92 Å². The van der Waals surface area contributed by atoms with Gasteiger partial charge in [0.15, 0.2) is 0 Å². The molecule has 2 heterocycles. The number of nitrogens with zero attached hydrogens (tertiary/aromatic N) is 2. The highest BCUT2D eigenvalue weighted by Gasteiger charge is 2.25. The van der Waals surface area contributed by atoms with E-state index < -0.39 is 0 Å². The molecule has 4 nitrogen and oxygen atoms in total. The number of aliphatic hydroxyl groups is 1. The van der Waals surface area contributed by atoms with E-state index in [2.05, 4.69) is 4.98 Å². The predicted octanol–water partition coefficient (Wildman–Crippen LogP) is 1.62. The van der Waals surface area contributed by atoms with Gasteiger partial charge in [0.05, 0.1) is 17.6 Å². The smallest absolute Gasteiger partial charge is 0.228 e. The van der Waals surface area contributed by atoms with Crippen molar-refractivity contribution in [1.29, 1.82) is 0 Å². The summed E-state index contributed by atoms with van der Waals surface area (Å²) < 4.78 is 0. The third kappa shape index (κ3) is 2.65. The molecule has 0 aliphatic carbocycles. The number of pyridine rings is 1.